The normalized spacial score (nSPS) is 10.8. The third-order valence-corrected chi connectivity index (χ3v) is 3.27. The number of fused-ring (bicyclic) bond motifs is 3. The van der Waals surface area contributed by atoms with Gasteiger partial charge in [-0.25, -0.2) is 4.79 Å². The molecular formula is C16H13NO5. The van der Waals surface area contributed by atoms with E-state index in [1.165, 1.54) is 7.11 Å². The van der Waals surface area contributed by atoms with Crippen LogP contribution in [0.2, 0.25) is 0 Å². The summed E-state index contributed by atoms with van der Waals surface area (Å²) in [7, 11) is 1.53. The molecule has 0 bridgehead atoms. The molecule has 2 N–H and O–H groups in total. The van der Waals surface area contributed by atoms with Gasteiger partial charge in [0, 0.05) is 16.8 Å². The van der Waals surface area contributed by atoms with Gasteiger partial charge in [-0.15, -0.1) is 0 Å². The van der Waals surface area contributed by atoms with Gasteiger partial charge in [0.15, 0.2) is 6.61 Å². The second-order valence-corrected chi connectivity index (χ2v) is 4.71. The summed E-state index contributed by atoms with van der Waals surface area (Å²) in [5.74, 6) is 0.412. The number of amides is 1. The third kappa shape index (κ3) is 2.46. The Kier molecular flexibility index (Phi) is 3.42. The monoisotopic (exact) mass is 299 g/mol. The maximum Gasteiger partial charge on any atom is 0.344 e. The Balaban J connectivity index is 2.17. The fourth-order valence-electron chi connectivity index (χ4n) is 2.26. The molecule has 0 aliphatic heterocycles. The zero-order chi connectivity index (χ0) is 15.7. The first-order valence-electron chi connectivity index (χ1n) is 6.54. The van der Waals surface area contributed by atoms with E-state index in [1.807, 2.05) is 0 Å². The number of methoxy groups -OCH3 is 1. The van der Waals surface area contributed by atoms with Gasteiger partial charge in [0.1, 0.15) is 17.1 Å². The van der Waals surface area contributed by atoms with Crippen molar-refractivity contribution in [2.45, 2.75) is 0 Å². The van der Waals surface area contributed by atoms with E-state index in [9.17, 15) is 9.59 Å². The van der Waals surface area contributed by atoms with E-state index in [-0.39, 0.29) is 6.61 Å². The number of primary amides is 1. The maximum atomic E-state index is 12.1. The number of nitrogens with two attached hydrogens (primary N) is 1. The Morgan fingerprint density at radius 2 is 1.82 bits per heavy atom. The lowest BCUT2D eigenvalue weighted by atomic mass is 10.1. The van der Waals surface area contributed by atoms with Gasteiger partial charge in [-0.05, 0) is 30.3 Å². The van der Waals surface area contributed by atoms with Gasteiger partial charge in [0.05, 0.1) is 12.5 Å². The maximum absolute atomic E-state index is 12.1. The van der Waals surface area contributed by atoms with Crippen LogP contribution in [0.25, 0.3) is 21.7 Å². The second-order valence-electron chi connectivity index (χ2n) is 4.71. The van der Waals surface area contributed by atoms with Crippen LogP contribution in [-0.2, 0) is 4.79 Å². The number of hydrogen-bond donors (Lipinski definition) is 1. The fourth-order valence-corrected chi connectivity index (χ4v) is 2.26. The molecule has 3 aromatic rings. The van der Waals surface area contributed by atoms with E-state index in [2.05, 4.69) is 0 Å². The molecule has 0 spiro atoms. The first kappa shape index (κ1) is 13.9. The van der Waals surface area contributed by atoms with Crippen LogP contribution in [0.1, 0.15) is 0 Å². The molecule has 0 fully saturated rings. The summed E-state index contributed by atoms with van der Waals surface area (Å²) in [4.78, 5) is 22.8. The van der Waals surface area contributed by atoms with Crippen molar-refractivity contribution in [1.29, 1.82) is 0 Å². The van der Waals surface area contributed by atoms with Gasteiger partial charge in [0.2, 0.25) is 0 Å². The van der Waals surface area contributed by atoms with Crippen LogP contribution in [0, 0.1) is 0 Å². The van der Waals surface area contributed by atoms with Crippen molar-refractivity contribution in [3.8, 4) is 11.5 Å². The fraction of sp³-hybridized carbons (Fsp3) is 0.125. The van der Waals surface area contributed by atoms with E-state index < -0.39 is 11.5 Å². The first-order valence-corrected chi connectivity index (χ1v) is 6.54. The molecule has 22 heavy (non-hydrogen) atoms. The van der Waals surface area contributed by atoms with Crippen molar-refractivity contribution in [3.63, 3.8) is 0 Å². The summed E-state index contributed by atoms with van der Waals surface area (Å²) in [5, 5.41) is 1.97. The first-order chi connectivity index (χ1) is 10.6. The minimum Gasteiger partial charge on any atom is -0.497 e. The van der Waals surface area contributed by atoms with Crippen LogP contribution in [0.5, 0.6) is 11.5 Å². The molecule has 0 atom stereocenters. The highest BCUT2D eigenvalue weighted by Crippen LogP contribution is 2.28. The Morgan fingerprint density at radius 3 is 2.55 bits per heavy atom. The highest BCUT2D eigenvalue weighted by molar-refractivity contribution is 6.04. The van der Waals surface area contributed by atoms with Gasteiger partial charge in [0.25, 0.3) is 5.91 Å². The van der Waals surface area contributed by atoms with Crippen molar-refractivity contribution in [1.82, 2.24) is 0 Å². The molecule has 0 aliphatic carbocycles. The molecule has 6 heteroatoms. The molecular weight excluding hydrogens is 286 g/mol. The highest BCUT2D eigenvalue weighted by Gasteiger charge is 2.10. The van der Waals surface area contributed by atoms with E-state index >= 15 is 0 Å². The average molecular weight is 299 g/mol. The zero-order valence-electron chi connectivity index (χ0n) is 11.8. The molecule has 0 saturated carbocycles. The van der Waals surface area contributed by atoms with Gasteiger partial charge in [-0.3, -0.25) is 4.79 Å². The summed E-state index contributed by atoms with van der Waals surface area (Å²) >= 11 is 0. The number of hydrogen-bond acceptors (Lipinski definition) is 5. The second kappa shape index (κ2) is 5.40. The molecule has 1 amide bonds. The van der Waals surface area contributed by atoms with Crippen LogP contribution < -0.4 is 20.8 Å². The van der Waals surface area contributed by atoms with Crippen molar-refractivity contribution in [2.75, 3.05) is 13.7 Å². The number of carbonyl (C=O) groups is 1. The molecule has 2 aromatic carbocycles. The quantitative estimate of drug-likeness (QED) is 0.586. The molecule has 0 aliphatic rings. The van der Waals surface area contributed by atoms with Crippen LogP contribution in [0.4, 0.5) is 0 Å². The van der Waals surface area contributed by atoms with Crippen LogP contribution in [0.3, 0.4) is 0 Å². The smallest absolute Gasteiger partial charge is 0.344 e. The summed E-state index contributed by atoms with van der Waals surface area (Å²) in [5.41, 5.74) is 4.94. The van der Waals surface area contributed by atoms with Crippen LogP contribution >= 0.6 is 0 Å². The topological polar surface area (TPSA) is 91.8 Å². The largest absolute Gasteiger partial charge is 0.497 e. The van der Waals surface area contributed by atoms with E-state index in [4.69, 9.17) is 19.6 Å². The molecule has 112 valence electrons. The van der Waals surface area contributed by atoms with Crippen molar-refractivity contribution >= 4 is 27.6 Å². The Bertz CT molecular complexity index is 929. The number of carbonyl (C=O) groups excluding carboxylic acids is 1. The van der Waals surface area contributed by atoms with Gasteiger partial charge in [-0.2, -0.15) is 0 Å². The highest BCUT2D eigenvalue weighted by atomic mass is 16.5. The average Bonchev–Trinajstić information content (AvgIpc) is 2.52. The van der Waals surface area contributed by atoms with E-state index in [1.54, 1.807) is 36.4 Å². The predicted octanol–water partition coefficient (Wildman–Crippen LogP) is 1.82. The van der Waals surface area contributed by atoms with Crippen LogP contribution in [-0.4, -0.2) is 19.6 Å². The number of benzene rings is 2. The van der Waals surface area contributed by atoms with Crippen molar-refractivity contribution in [3.05, 3.63) is 46.8 Å². The lowest BCUT2D eigenvalue weighted by Crippen LogP contribution is -2.19. The Hall–Kier alpha value is -3.02. The van der Waals surface area contributed by atoms with Gasteiger partial charge >= 0.3 is 5.63 Å². The van der Waals surface area contributed by atoms with Gasteiger partial charge < -0.3 is 19.6 Å². The molecule has 1 aromatic heterocycles. The molecule has 0 unspecified atom stereocenters. The summed E-state index contributed by atoms with van der Waals surface area (Å²) in [6.07, 6.45) is 0. The van der Waals surface area contributed by atoms with Crippen LogP contribution in [0.15, 0.2) is 45.6 Å². The van der Waals surface area contributed by atoms with Gasteiger partial charge in [-0.1, -0.05) is 0 Å². The summed E-state index contributed by atoms with van der Waals surface area (Å²) in [6, 6.07) is 10.2. The predicted molar refractivity (Wildman–Crippen MR) is 81.2 cm³/mol. The molecule has 0 radical (unpaired) electrons. The molecule has 6 nitrogen and oxygen atoms in total. The third-order valence-electron chi connectivity index (χ3n) is 3.27. The summed E-state index contributed by atoms with van der Waals surface area (Å²) < 4.78 is 15.6. The standard InChI is InChI=1S/C16H13NO5/c1-20-9-2-4-11-12-5-3-10(21-8-15(17)18)7-14(12)22-16(19)13(11)6-9/h2-7H,8H2,1H3,(H2,17,18). The van der Waals surface area contributed by atoms with Crippen molar-refractivity contribution < 1.29 is 18.7 Å². The van der Waals surface area contributed by atoms with E-state index in [0.29, 0.717) is 22.5 Å². The van der Waals surface area contributed by atoms with Crippen molar-refractivity contribution in [2.24, 2.45) is 5.73 Å². The zero-order valence-corrected chi connectivity index (χ0v) is 11.8. The Morgan fingerprint density at radius 1 is 1.09 bits per heavy atom. The number of rotatable bonds is 4. The lowest BCUT2D eigenvalue weighted by Gasteiger charge is -2.07. The lowest BCUT2D eigenvalue weighted by molar-refractivity contribution is -0.119. The summed E-state index contributed by atoms with van der Waals surface area (Å²) in [6.45, 7) is -0.236. The minimum absolute atomic E-state index is 0.236. The number of ether oxygens (including phenoxy) is 2. The minimum atomic E-state index is -0.577. The molecule has 1 heterocycles. The Labute approximate surface area is 125 Å². The molecule has 3 rings (SSSR count). The SMILES string of the molecule is COc1ccc2c(c1)c(=O)oc1cc(OCC(N)=O)ccc12. The molecule has 0 saturated heterocycles. The van der Waals surface area contributed by atoms with E-state index in [0.717, 1.165) is 10.8 Å².